The van der Waals surface area contributed by atoms with E-state index >= 15 is 0 Å². The minimum absolute atomic E-state index is 0.00699. The summed E-state index contributed by atoms with van der Waals surface area (Å²) in [5.41, 5.74) is -0.385. The Morgan fingerprint density at radius 3 is 2.45 bits per heavy atom. The number of nitrogens with one attached hydrogen (secondary N) is 2. The summed E-state index contributed by atoms with van der Waals surface area (Å²) in [7, 11) is -4.30. The Labute approximate surface area is 224 Å². The number of nitrogens with zero attached hydrogens (tertiary/aromatic N) is 1. The lowest BCUT2D eigenvalue weighted by Crippen LogP contribution is -2.47. The van der Waals surface area contributed by atoms with Gasteiger partial charge in [0, 0.05) is 31.7 Å². The number of benzene rings is 2. The van der Waals surface area contributed by atoms with Crippen LogP contribution in [0.15, 0.2) is 58.3 Å². The van der Waals surface area contributed by atoms with Crippen molar-refractivity contribution in [1.82, 2.24) is 14.3 Å². The fourth-order valence-electron chi connectivity index (χ4n) is 4.76. The lowest BCUT2D eigenvalue weighted by atomic mass is 9.88. The molecule has 210 valence electrons. The van der Waals surface area contributed by atoms with Gasteiger partial charge in [0.15, 0.2) is 0 Å². The number of ether oxygens (including phenoxy) is 3. The van der Waals surface area contributed by atoms with Gasteiger partial charge in [0.05, 0.1) is 29.1 Å². The number of piperidine rings is 1. The van der Waals surface area contributed by atoms with Gasteiger partial charge in [-0.05, 0) is 62.7 Å². The third-order valence-corrected chi connectivity index (χ3v) is 10.3. The topological polar surface area (TPSA) is 144 Å². The summed E-state index contributed by atoms with van der Waals surface area (Å²) in [5.74, 6) is 0.949. The first kappa shape index (κ1) is 28.7. The molecule has 2 heterocycles. The minimum atomic E-state index is -3.59. The Balaban J connectivity index is 1.22. The Morgan fingerprint density at radius 2 is 1.79 bits per heavy atom. The zero-order valence-corrected chi connectivity index (χ0v) is 23.1. The van der Waals surface area contributed by atoms with E-state index in [0.717, 1.165) is 6.42 Å². The van der Waals surface area contributed by atoms with Crippen LogP contribution in [0.2, 0.25) is 0 Å². The van der Waals surface area contributed by atoms with E-state index in [4.69, 9.17) is 14.2 Å². The van der Waals surface area contributed by atoms with Crippen LogP contribution in [0.4, 0.5) is 0 Å². The second-order valence-corrected chi connectivity index (χ2v) is 13.4. The highest BCUT2D eigenvalue weighted by Gasteiger charge is 2.44. The molecule has 0 aliphatic carbocycles. The smallest absolute Gasteiger partial charge is 0.243 e. The molecule has 2 unspecified atom stereocenters. The van der Waals surface area contributed by atoms with Crippen molar-refractivity contribution in [2.75, 3.05) is 47.0 Å². The van der Waals surface area contributed by atoms with Gasteiger partial charge in [-0.2, -0.15) is 4.31 Å². The molecule has 3 N–H and O–H groups in total. The molecule has 2 fully saturated rings. The number of hydrogen-bond donors (Lipinski definition) is 3. The summed E-state index contributed by atoms with van der Waals surface area (Å²) >= 11 is 0. The fourth-order valence-corrected chi connectivity index (χ4v) is 6.96. The van der Waals surface area contributed by atoms with Gasteiger partial charge >= 0.3 is 0 Å². The quantitative estimate of drug-likeness (QED) is 0.360. The van der Waals surface area contributed by atoms with Gasteiger partial charge in [-0.3, -0.25) is 0 Å². The normalized spacial score (nSPS) is 20.9. The number of aliphatic hydroxyl groups excluding tert-OH is 1. The fraction of sp³-hybridized carbons (Fsp3) is 0.520. The largest absolute Gasteiger partial charge is 0.497 e. The average Bonchev–Trinajstić information content (AvgIpc) is 3.33. The number of methoxy groups -OCH3 is 1. The Hall–Kier alpha value is -2.26. The highest BCUT2D eigenvalue weighted by atomic mass is 32.2. The van der Waals surface area contributed by atoms with Crippen molar-refractivity contribution in [3.05, 3.63) is 48.5 Å². The average molecular weight is 570 g/mol. The van der Waals surface area contributed by atoms with Crippen LogP contribution in [-0.2, 0) is 24.8 Å². The first-order chi connectivity index (χ1) is 18.1. The summed E-state index contributed by atoms with van der Waals surface area (Å²) in [5, 5.41) is 13.7. The summed E-state index contributed by atoms with van der Waals surface area (Å²) in [4.78, 5) is 0.328. The molecule has 38 heavy (non-hydrogen) atoms. The monoisotopic (exact) mass is 569 g/mol. The van der Waals surface area contributed by atoms with Gasteiger partial charge in [-0.1, -0.05) is 6.07 Å². The number of sulfonamides is 2. The van der Waals surface area contributed by atoms with E-state index in [9.17, 15) is 21.9 Å². The summed E-state index contributed by atoms with van der Waals surface area (Å²) in [6.07, 6.45) is 1.10. The lowest BCUT2D eigenvalue weighted by Gasteiger charge is -2.38. The van der Waals surface area contributed by atoms with Crippen LogP contribution in [0, 0.1) is 0 Å². The van der Waals surface area contributed by atoms with E-state index in [1.54, 1.807) is 36.4 Å². The zero-order valence-electron chi connectivity index (χ0n) is 21.5. The van der Waals surface area contributed by atoms with Gasteiger partial charge in [0.25, 0.3) is 0 Å². The van der Waals surface area contributed by atoms with Gasteiger partial charge in [-0.15, -0.1) is 0 Å². The summed E-state index contributed by atoms with van der Waals surface area (Å²) in [6, 6.07) is 12.5. The minimum Gasteiger partial charge on any atom is -0.497 e. The Morgan fingerprint density at radius 1 is 1.08 bits per heavy atom. The predicted molar refractivity (Wildman–Crippen MR) is 140 cm³/mol. The second kappa shape index (κ2) is 11.9. The van der Waals surface area contributed by atoms with Gasteiger partial charge < -0.3 is 24.6 Å². The molecule has 0 saturated carbocycles. The third-order valence-electron chi connectivity index (χ3n) is 7.01. The summed E-state index contributed by atoms with van der Waals surface area (Å²) < 4.78 is 70.6. The molecule has 0 amide bonds. The van der Waals surface area contributed by atoms with Gasteiger partial charge in [0.2, 0.25) is 20.0 Å². The van der Waals surface area contributed by atoms with Crippen LogP contribution < -0.4 is 19.5 Å². The van der Waals surface area contributed by atoms with Crippen molar-refractivity contribution < 1.29 is 36.2 Å². The van der Waals surface area contributed by atoms with Crippen molar-refractivity contribution in [2.24, 2.45) is 0 Å². The predicted octanol–water partition coefficient (Wildman–Crippen LogP) is 0.945. The van der Waals surface area contributed by atoms with E-state index in [-0.39, 0.29) is 34.6 Å². The van der Waals surface area contributed by atoms with Crippen LogP contribution >= 0.6 is 0 Å². The number of hydrogen-bond acceptors (Lipinski definition) is 9. The first-order valence-corrected chi connectivity index (χ1v) is 15.4. The molecule has 0 radical (unpaired) electrons. The number of rotatable bonds is 11. The van der Waals surface area contributed by atoms with E-state index in [0.29, 0.717) is 44.0 Å². The molecule has 2 atom stereocenters. The van der Waals surface area contributed by atoms with Crippen LogP contribution in [0.25, 0.3) is 0 Å². The van der Waals surface area contributed by atoms with Crippen molar-refractivity contribution in [1.29, 1.82) is 0 Å². The summed E-state index contributed by atoms with van der Waals surface area (Å²) in [6.45, 7) is 1.49. The Kier molecular flexibility index (Phi) is 8.97. The highest BCUT2D eigenvalue weighted by molar-refractivity contribution is 7.89. The SMILES string of the molecule is CNS(=O)(=O)c1cccc(OCC(O)CNC2COC3(CCN(S(=O)(=O)c4ccc(OC)cc4)CC3)C2)c1. The molecule has 2 aliphatic heterocycles. The van der Waals surface area contributed by atoms with Crippen LogP contribution in [0.5, 0.6) is 11.5 Å². The standard InChI is InChI=1S/C25H35N3O8S2/c1-26-37(30,31)24-5-3-4-22(14-24)35-18-20(29)16-27-19-15-25(36-17-19)10-12-28(13-11-25)38(32,33)23-8-6-21(34-2)7-9-23/h3-9,14,19-20,26-27,29H,10-13,15-18H2,1-2H3. The van der Waals surface area contributed by atoms with Crippen molar-refractivity contribution in [2.45, 2.75) is 46.8 Å². The molecule has 0 aromatic heterocycles. The molecule has 2 aromatic rings. The molecule has 11 nitrogen and oxygen atoms in total. The molecular weight excluding hydrogens is 534 g/mol. The van der Waals surface area contributed by atoms with Gasteiger partial charge in [-0.25, -0.2) is 21.6 Å². The van der Waals surface area contributed by atoms with Crippen LogP contribution in [-0.4, -0.2) is 91.0 Å². The van der Waals surface area contributed by atoms with Crippen LogP contribution in [0.1, 0.15) is 19.3 Å². The number of aliphatic hydroxyl groups is 1. The third kappa shape index (κ3) is 6.65. The van der Waals surface area contributed by atoms with E-state index in [1.165, 1.54) is 30.6 Å². The molecule has 13 heteroatoms. The molecule has 2 aliphatic rings. The molecular formula is C25H35N3O8S2. The molecule has 2 saturated heterocycles. The van der Waals surface area contributed by atoms with E-state index in [1.807, 2.05) is 0 Å². The van der Waals surface area contributed by atoms with Crippen molar-refractivity contribution in [3.63, 3.8) is 0 Å². The second-order valence-electron chi connectivity index (χ2n) is 9.53. The van der Waals surface area contributed by atoms with E-state index < -0.39 is 26.2 Å². The first-order valence-electron chi connectivity index (χ1n) is 12.4. The van der Waals surface area contributed by atoms with Crippen molar-refractivity contribution in [3.8, 4) is 11.5 Å². The molecule has 4 rings (SSSR count). The maximum atomic E-state index is 13.0. The lowest BCUT2D eigenvalue weighted by molar-refractivity contribution is -0.0312. The van der Waals surface area contributed by atoms with Crippen LogP contribution in [0.3, 0.4) is 0 Å². The highest BCUT2D eigenvalue weighted by Crippen LogP contribution is 2.37. The van der Waals surface area contributed by atoms with E-state index in [2.05, 4.69) is 10.0 Å². The van der Waals surface area contributed by atoms with Gasteiger partial charge in [0.1, 0.15) is 24.2 Å². The molecule has 1 spiro atoms. The Bertz CT molecular complexity index is 1290. The van der Waals surface area contributed by atoms with Crippen molar-refractivity contribution >= 4 is 20.0 Å². The maximum absolute atomic E-state index is 13.0. The maximum Gasteiger partial charge on any atom is 0.243 e. The zero-order chi connectivity index (χ0) is 27.4. The molecule has 0 bridgehead atoms. The molecule has 2 aromatic carbocycles.